The summed E-state index contributed by atoms with van der Waals surface area (Å²) in [6, 6.07) is 6.81. The van der Waals surface area contributed by atoms with Crippen molar-refractivity contribution in [3.8, 4) is 5.75 Å². The summed E-state index contributed by atoms with van der Waals surface area (Å²) in [5.74, 6) is 0.517. The third-order valence-corrected chi connectivity index (χ3v) is 3.21. The van der Waals surface area contributed by atoms with Gasteiger partial charge in [0, 0.05) is 11.7 Å². The lowest BCUT2D eigenvalue weighted by atomic mass is 10.2. The average Bonchev–Trinajstić information content (AvgIpc) is 2.67. The van der Waals surface area contributed by atoms with Gasteiger partial charge in [-0.3, -0.25) is 14.5 Å². The standard InChI is InChI=1S/C15H20N2O3/c1-4-20-12-7-5-11(6-8-12)16-13-9-14(18)17(10(2)3)15(13)19/h5-8,10,13,16H,4,9H2,1-3H3/t13-/m1/s1. The van der Waals surface area contributed by atoms with E-state index in [1.807, 2.05) is 45.0 Å². The Bertz CT molecular complexity index is 496. The number of hydrogen-bond donors (Lipinski definition) is 1. The molecule has 0 spiro atoms. The normalized spacial score (nSPS) is 18.8. The number of nitrogens with one attached hydrogen (secondary N) is 1. The molecule has 1 aromatic rings. The highest BCUT2D eigenvalue weighted by molar-refractivity contribution is 6.07. The zero-order valence-corrected chi connectivity index (χ0v) is 12.1. The predicted molar refractivity (Wildman–Crippen MR) is 76.6 cm³/mol. The number of likely N-dealkylation sites (tertiary alicyclic amines) is 1. The maximum atomic E-state index is 12.1. The number of rotatable bonds is 5. The molecular weight excluding hydrogens is 256 g/mol. The summed E-state index contributed by atoms with van der Waals surface area (Å²) < 4.78 is 5.36. The van der Waals surface area contributed by atoms with Crippen LogP contribution in [0.25, 0.3) is 0 Å². The summed E-state index contributed by atoms with van der Waals surface area (Å²) in [5, 5.41) is 3.11. The molecule has 2 amide bonds. The highest BCUT2D eigenvalue weighted by Gasteiger charge is 2.39. The van der Waals surface area contributed by atoms with Gasteiger partial charge in [0.15, 0.2) is 0 Å². The van der Waals surface area contributed by atoms with Crippen LogP contribution < -0.4 is 10.1 Å². The van der Waals surface area contributed by atoms with Crippen LogP contribution in [0.15, 0.2) is 24.3 Å². The zero-order chi connectivity index (χ0) is 14.7. The van der Waals surface area contributed by atoms with Crippen molar-refractivity contribution in [1.82, 2.24) is 4.90 Å². The summed E-state index contributed by atoms with van der Waals surface area (Å²) >= 11 is 0. The molecule has 1 atom stereocenters. The molecule has 0 unspecified atom stereocenters. The lowest BCUT2D eigenvalue weighted by Crippen LogP contribution is -2.39. The van der Waals surface area contributed by atoms with E-state index in [2.05, 4.69) is 5.32 Å². The smallest absolute Gasteiger partial charge is 0.252 e. The van der Waals surface area contributed by atoms with Gasteiger partial charge in [0.2, 0.25) is 5.91 Å². The summed E-state index contributed by atoms with van der Waals surface area (Å²) in [5.41, 5.74) is 0.810. The lowest BCUT2D eigenvalue weighted by Gasteiger charge is -2.19. The van der Waals surface area contributed by atoms with Gasteiger partial charge in [0.05, 0.1) is 13.0 Å². The van der Waals surface area contributed by atoms with Crippen molar-refractivity contribution < 1.29 is 14.3 Å². The van der Waals surface area contributed by atoms with Gasteiger partial charge in [-0.1, -0.05) is 0 Å². The Morgan fingerprint density at radius 2 is 1.95 bits per heavy atom. The molecule has 0 aromatic heterocycles. The molecule has 0 saturated carbocycles. The second kappa shape index (κ2) is 5.94. The first kappa shape index (κ1) is 14.4. The maximum absolute atomic E-state index is 12.1. The Morgan fingerprint density at radius 3 is 2.45 bits per heavy atom. The molecule has 20 heavy (non-hydrogen) atoms. The molecule has 0 radical (unpaired) electrons. The number of imide groups is 1. The second-order valence-corrected chi connectivity index (χ2v) is 5.05. The van der Waals surface area contributed by atoms with Crippen LogP contribution in [0.3, 0.4) is 0 Å². The van der Waals surface area contributed by atoms with E-state index in [9.17, 15) is 9.59 Å². The van der Waals surface area contributed by atoms with Gasteiger partial charge in [-0.05, 0) is 45.0 Å². The number of nitrogens with zero attached hydrogens (tertiary/aromatic N) is 1. The van der Waals surface area contributed by atoms with Crippen molar-refractivity contribution in [2.75, 3.05) is 11.9 Å². The maximum Gasteiger partial charge on any atom is 0.252 e. The molecule has 0 aliphatic carbocycles. The van der Waals surface area contributed by atoms with Gasteiger partial charge in [-0.2, -0.15) is 0 Å². The van der Waals surface area contributed by atoms with Gasteiger partial charge in [0.25, 0.3) is 5.91 Å². The van der Waals surface area contributed by atoms with Crippen LogP contribution in [0.4, 0.5) is 5.69 Å². The first-order valence-electron chi connectivity index (χ1n) is 6.88. The highest BCUT2D eigenvalue weighted by atomic mass is 16.5. The number of carbonyl (C=O) groups excluding carboxylic acids is 2. The van der Waals surface area contributed by atoms with Crippen molar-refractivity contribution in [2.24, 2.45) is 0 Å². The number of benzene rings is 1. The molecule has 1 fully saturated rings. The first-order valence-corrected chi connectivity index (χ1v) is 6.88. The van der Waals surface area contributed by atoms with E-state index in [0.29, 0.717) is 6.61 Å². The van der Waals surface area contributed by atoms with E-state index in [4.69, 9.17) is 4.74 Å². The minimum atomic E-state index is -0.470. The van der Waals surface area contributed by atoms with Gasteiger partial charge >= 0.3 is 0 Å². The minimum absolute atomic E-state index is 0.0952. The Morgan fingerprint density at radius 1 is 1.30 bits per heavy atom. The van der Waals surface area contributed by atoms with Gasteiger partial charge in [0.1, 0.15) is 11.8 Å². The summed E-state index contributed by atoms with van der Waals surface area (Å²) in [4.78, 5) is 25.3. The molecule has 2 rings (SSSR count). The second-order valence-electron chi connectivity index (χ2n) is 5.05. The fourth-order valence-corrected chi connectivity index (χ4v) is 2.32. The fourth-order valence-electron chi connectivity index (χ4n) is 2.32. The molecule has 0 bridgehead atoms. The lowest BCUT2D eigenvalue weighted by molar-refractivity contribution is -0.140. The van der Waals surface area contributed by atoms with Crippen molar-refractivity contribution >= 4 is 17.5 Å². The topological polar surface area (TPSA) is 58.6 Å². The van der Waals surface area contributed by atoms with Crippen LogP contribution in [0.2, 0.25) is 0 Å². The average molecular weight is 276 g/mol. The van der Waals surface area contributed by atoms with Crippen LogP contribution in [0.5, 0.6) is 5.75 Å². The summed E-state index contributed by atoms with van der Waals surface area (Å²) in [6.07, 6.45) is 0.213. The largest absolute Gasteiger partial charge is 0.494 e. The molecule has 1 aliphatic heterocycles. The van der Waals surface area contributed by atoms with Crippen LogP contribution >= 0.6 is 0 Å². The summed E-state index contributed by atoms with van der Waals surface area (Å²) in [7, 11) is 0. The van der Waals surface area contributed by atoms with Gasteiger partial charge < -0.3 is 10.1 Å². The molecule has 108 valence electrons. The van der Waals surface area contributed by atoms with Crippen LogP contribution in [-0.4, -0.2) is 35.4 Å². The van der Waals surface area contributed by atoms with E-state index in [0.717, 1.165) is 11.4 Å². The van der Waals surface area contributed by atoms with Gasteiger partial charge in [-0.25, -0.2) is 0 Å². The van der Waals surface area contributed by atoms with Crippen molar-refractivity contribution in [1.29, 1.82) is 0 Å². The molecule has 1 aromatic carbocycles. The Labute approximate surface area is 118 Å². The van der Waals surface area contributed by atoms with E-state index < -0.39 is 6.04 Å². The molecular formula is C15H20N2O3. The minimum Gasteiger partial charge on any atom is -0.494 e. The van der Waals surface area contributed by atoms with E-state index in [-0.39, 0.29) is 24.3 Å². The van der Waals surface area contributed by atoms with E-state index in [1.165, 1.54) is 4.90 Å². The Balaban J connectivity index is 2.03. The fraction of sp³-hybridized carbons (Fsp3) is 0.467. The molecule has 1 heterocycles. The molecule has 5 nitrogen and oxygen atoms in total. The number of anilines is 1. The number of hydrogen-bond acceptors (Lipinski definition) is 4. The number of amides is 2. The third-order valence-electron chi connectivity index (χ3n) is 3.21. The Kier molecular flexibility index (Phi) is 4.27. The van der Waals surface area contributed by atoms with Gasteiger partial charge in [-0.15, -0.1) is 0 Å². The SMILES string of the molecule is CCOc1ccc(N[C@@H]2CC(=O)N(C(C)C)C2=O)cc1. The van der Waals surface area contributed by atoms with E-state index >= 15 is 0 Å². The van der Waals surface area contributed by atoms with Crippen LogP contribution in [0, 0.1) is 0 Å². The quantitative estimate of drug-likeness (QED) is 0.836. The van der Waals surface area contributed by atoms with Crippen molar-refractivity contribution in [2.45, 2.75) is 39.3 Å². The number of carbonyl (C=O) groups is 2. The third kappa shape index (κ3) is 2.92. The van der Waals surface area contributed by atoms with Crippen molar-refractivity contribution in [3.05, 3.63) is 24.3 Å². The molecule has 1 N–H and O–H groups in total. The van der Waals surface area contributed by atoms with Crippen LogP contribution in [-0.2, 0) is 9.59 Å². The zero-order valence-electron chi connectivity index (χ0n) is 12.1. The van der Waals surface area contributed by atoms with Crippen LogP contribution in [0.1, 0.15) is 27.2 Å². The molecule has 1 saturated heterocycles. The summed E-state index contributed by atoms with van der Waals surface area (Å²) in [6.45, 7) is 6.23. The molecule has 5 heteroatoms. The van der Waals surface area contributed by atoms with Crippen molar-refractivity contribution in [3.63, 3.8) is 0 Å². The molecule has 1 aliphatic rings. The predicted octanol–water partition coefficient (Wildman–Crippen LogP) is 2.03. The highest BCUT2D eigenvalue weighted by Crippen LogP contribution is 2.22. The Hall–Kier alpha value is -2.04. The number of ether oxygens (including phenoxy) is 1. The monoisotopic (exact) mass is 276 g/mol. The van der Waals surface area contributed by atoms with E-state index in [1.54, 1.807) is 0 Å². The first-order chi connectivity index (χ1) is 9.52.